The Bertz CT molecular complexity index is 484. The van der Waals surface area contributed by atoms with Gasteiger partial charge < -0.3 is 24.9 Å². The summed E-state index contributed by atoms with van der Waals surface area (Å²) < 4.78 is 0. The minimum atomic E-state index is -3.15. The maximum Gasteiger partial charge on any atom is 0.329 e. The Morgan fingerprint density at radius 2 is 1.83 bits per heavy atom. The van der Waals surface area contributed by atoms with Crippen LogP contribution < -0.4 is 5.32 Å². The molecule has 0 aromatic heterocycles. The number of nitrogens with zero attached hydrogens (tertiary/aromatic N) is 1. The fraction of sp³-hybridized carbons (Fsp3) is 0.500. The number of carbonyl (C=O) groups is 3. The topological polar surface area (TPSA) is 127 Å². The molecule has 9 heteroatoms. The van der Waals surface area contributed by atoms with Crippen molar-refractivity contribution in [3.63, 3.8) is 0 Å². The van der Waals surface area contributed by atoms with Gasteiger partial charge in [-0.15, -0.1) is 0 Å². The van der Waals surface area contributed by atoms with E-state index in [1.165, 1.54) is 11.4 Å². The first-order chi connectivity index (χ1) is 10.5. The highest BCUT2D eigenvalue weighted by Gasteiger charge is 2.22. The molecule has 0 unspecified atom stereocenters. The summed E-state index contributed by atoms with van der Waals surface area (Å²) in [6, 6.07) is 0.237. The molecule has 23 heavy (non-hydrogen) atoms. The summed E-state index contributed by atoms with van der Waals surface area (Å²) in [7, 11) is -3.15. The molecule has 8 nitrogen and oxygen atoms in total. The largest absolute Gasteiger partial charge is 0.478 e. The van der Waals surface area contributed by atoms with Gasteiger partial charge in [0.25, 0.3) is 0 Å². The van der Waals surface area contributed by atoms with Crippen molar-refractivity contribution >= 4 is 26.3 Å². The van der Waals surface area contributed by atoms with Gasteiger partial charge in [-0.3, -0.25) is 9.59 Å². The first-order valence-corrected chi connectivity index (χ1v) is 9.71. The van der Waals surface area contributed by atoms with E-state index in [4.69, 9.17) is 5.11 Å². The molecule has 0 aromatic carbocycles. The maximum atomic E-state index is 12.0. The van der Waals surface area contributed by atoms with E-state index in [9.17, 15) is 24.0 Å². The van der Waals surface area contributed by atoms with E-state index in [0.29, 0.717) is 18.5 Å². The molecule has 0 atom stereocenters. The Labute approximate surface area is 136 Å². The maximum absolute atomic E-state index is 12.0. The molecule has 0 fully saturated rings. The van der Waals surface area contributed by atoms with Crippen molar-refractivity contribution in [2.75, 3.05) is 19.6 Å². The van der Waals surface area contributed by atoms with Crippen molar-refractivity contribution in [2.45, 2.75) is 25.9 Å². The predicted molar refractivity (Wildman–Crippen MR) is 86.7 cm³/mol. The van der Waals surface area contributed by atoms with Crippen molar-refractivity contribution in [2.24, 2.45) is 0 Å². The number of amides is 2. The lowest BCUT2D eigenvalue weighted by Gasteiger charge is -2.24. The van der Waals surface area contributed by atoms with Crippen molar-refractivity contribution in [3.8, 4) is 0 Å². The van der Waals surface area contributed by atoms with Gasteiger partial charge in [-0.1, -0.05) is 6.58 Å². The lowest BCUT2D eigenvalue weighted by atomic mass is 10.2. The van der Waals surface area contributed by atoms with Crippen LogP contribution in [0.3, 0.4) is 0 Å². The summed E-state index contributed by atoms with van der Waals surface area (Å²) >= 11 is 0. The van der Waals surface area contributed by atoms with Gasteiger partial charge >= 0.3 is 14.5 Å². The average Bonchev–Trinajstić information content (AvgIpc) is 2.41. The van der Waals surface area contributed by atoms with Gasteiger partial charge in [-0.05, 0) is 25.9 Å². The Morgan fingerprint density at radius 3 is 2.30 bits per heavy atom. The number of rotatable bonds is 10. The standard InChI is InChI=1S/C14H24N2O6Si/c1-11(2)14(20)16(8-4-10-23(3,21)22)9-7-15-12(17)5-6-13(18)19/h5-6,21-22H,1,4,7-10H2,2-3H3,(H,15,17)(H,18,19)/b6-5-. The van der Waals surface area contributed by atoms with E-state index >= 15 is 0 Å². The van der Waals surface area contributed by atoms with Crippen LogP contribution in [-0.2, 0) is 14.4 Å². The van der Waals surface area contributed by atoms with Crippen LogP contribution >= 0.6 is 0 Å². The quantitative estimate of drug-likeness (QED) is 0.315. The molecule has 0 aromatic rings. The van der Waals surface area contributed by atoms with E-state index < -0.39 is 20.4 Å². The molecule has 0 bridgehead atoms. The van der Waals surface area contributed by atoms with Gasteiger partial charge in [-0.2, -0.15) is 0 Å². The van der Waals surface area contributed by atoms with Crippen LogP contribution in [0.1, 0.15) is 13.3 Å². The molecule has 0 aliphatic carbocycles. The lowest BCUT2D eigenvalue weighted by molar-refractivity contribution is -0.131. The Morgan fingerprint density at radius 1 is 1.22 bits per heavy atom. The molecule has 0 saturated carbocycles. The van der Waals surface area contributed by atoms with E-state index in [1.54, 1.807) is 6.92 Å². The van der Waals surface area contributed by atoms with Crippen LogP contribution in [-0.4, -0.2) is 65.6 Å². The van der Waals surface area contributed by atoms with Gasteiger partial charge in [-0.25, -0.2) is 4.79 Å². The molecule has 0 aliphatic heterocycles. The molecule has 0 spiro atoms. The van der Waals surface area contributed by atoms with Gasteiger partial charge in [0.05, 0.1) is 0 Å². The van der Waals surface area contributed by atoms with Crippen molar-refractivity contribution in [1.82, 2.24) is 10.2 Å². The van der Waals surface area contributed by atoms with E-state index in [0.717, 1.165) is 12.2 Å². The number of carbonyl (C=O) groups excluding carboxylic acids is 2. The van der Waals surface area contributed by atoms with Crippen LogP contribution in [0.2, 0.25) is 12.6 Å². The second-order valence-corrected chi connectivity index (χ2v) is 8.29. The van der Waals surface area contributed by atoms with Crippen molar-refractivity contribution in [3.05, 3.63) is 24.3 Å². The Hall–Kier alpha value is -1.97. The van der Waals surface area contributed by atoms with Crippen LogP contribution in [0, 0.1) is 0 Å². The number of carboxylic acid groups (broad SMARTS) is 1. The number of nitrogens with one attached hydrogen (secondary N) is 1. The monoisotopic (exact) mass is 344 g/mol. The second-order valence-electron chi connectivity index (χ2n) is 5.36. The smallest absolute Gasteiger partial charge is 0.329 e. The molecule has 0 rings (SSSR count). The summed E-state index contributed by atoms with van der Waals surface area (Å²) in [6.45, 7) is 7.22. The third-order valence-electron chi connectivity index (χ3n) is 2.79. The number of aliphatic carboxylic acids is 1. The summed E-state index contributed by atoms with van der Waals surface area (Å²) in [5, 5.41) is 10.9. The zero-order chi connectivity index (χ0) is 18.0. The lowest BCUT2D eigenvalue weighted by Crippen LogP contribution is -2.40. The number of hydrogen-bond acceptors (Lipinski definition) is 5. The third-order valence-corrected chi connectivity index (χ3v) is 4.09. The Balaban J connectivity index is 4.42. The fourth-order valence-corrected chi connectivity index (χ4v) is 2.54. The highest BCUT2D eigenvalue weighted by Crippen LogP contribution is 2.07. The molecule has 2 amide bonds. The summed E-state index contributed by atoms with van der Waals surface area (Å²) in [5.74, 6) is -2.07. The molecule has 0 aliphatic rings. The predicted octanol–water partition coefficient (Wildman–Crippen LogP) is -0.405. The first kappa shape index (κ1) is 21.0. The molecule has 4 N–H and O–H groups in total. The van der Waals surface area contributed by atoms with Crippen LogP contribution in [0.25, 0.3) is 0 Å². The minimum absolute atomic E-state index is 0.148. The van der Waals surface area contributed by atoms with Gasteiger partial charge in [0.2, 0.25) is 11.8 Å². The average molecular weight is 344 g/mol. The van der Waals surface area contributed by atoms with Crippen LogP contribution in [0.5, 0.6) is 0 Å². The molecule has 130 valence electrons. The highest BCUT2D eigenvalue weighted by atomic mass is 28.4. The molecule has 0 heterocycles. The van der Waals surface area contributed by atoms with Gasteiger partial charge in [0.15, 0.2) is 0 Å². The van der Waals surface area contributed by atoms with E-state index in [2.05, 4.69) is 11.9 Å². The highest BCUT2D eigenvalue weighted by molar-refractivity contribution is 6.63. The second kappa shape index (κ2) is 9.93. The normalized spacial score (nSPS) is 11.3. The zero-order valence-corrected chi connectivity index (χ0v) is 14.4. The van der Waals surface area contributed by atoms with Crippen LogP contribution in [0.15, 0.2) is 24.3 Å². The van der Waals surface area contributed by atoms with E-state index in [1.807, 2.05) is 0 Å². The SMILES string of the molecule is C=C(C)C(=O)N(CCC[Si](C)(O)O)CCNC(=O)/C=C\C(=O)O. The summed E-state index contributed by atoms with van der Waals surface area (Å²) in [6.07, 6.45) is 2.05. The molecule has 0 saturated heterocycles. The summed E-state index contributed by atoms with van der Waals surface area (Å²) in [4.78, 5) is 53.9. The summed E-state index contributed by atoms with van der Waals surface area (Å²) in [5.41, 5.74) is 0.343. The fourth-order valence-electron chi connectivity index (χ4n) is 1.71. The van der Waals surface area contributed by atoms with E-state index in [-0.39, 0.29) is 25.0 Å². The Kier molecular flexibility index (Phi) is 9.07. The zero-order valence-electron chi connectivity index (χ0n) is 13.4. The molecular formula is C14H24N2O6Si. The first-order valence-electron chi connectivity index (χ1n) is 7.11. The minimum Gasteiger partial charge on any atom is -0.478 e. The molecule has 0 radical (unpaired) electrons. The molecular weight excluding hydrogens is 320 g/mol. The van der Waals surface area contributed by atoms with Crippen LogP contribution in [0.4, 0.5) is 0 Å². The van der Waals surface area contributed by atoms with Gasteiger partial charge in [0, 0.05) is 37.4 Å². The number of carboxylic acids is 1. The van der Waals surface area contributed by atoms with Gasteiger partial charge in [0.1, 0.15) is 0 Å². The number of hydrogen-bond donors (Lipinski definition) is 4. The van der Waals surface area contributed by atoms with Crippen molar-refractivity contribution in [1.29, 1.82) is 0 Å². The van der Waals surface area contributed by atoms with Crippen molar-refractivity contribution < 1.29 is 29.1 Å². The third kappa shape index (κ3) is 11.3.